The van der Waals surface area contributed by atoms with Gasteiger partial charge in [-0.2, -0.15) is 0 Å². The van der Waals surface area contributed by atoms with Crippen molar-refractivity contribution < 1.29 is 18.0 Å². The predicted octanol–water partition coefficient (Wildman–Crippen LogP) is 3.29. The van der Waals surface area contributed by atoms with Gasteiger partial charge < -0.3 is 10.2 Å². The van der Waals surface area contributed by atoms with Crippen molar-refractivity contribution >= 4 is 39.3 Å². The second kappa shape index (κ2) is 9.64. The minimum absolute atomic E-state index is 0.0714. The number of hydrogen-bond acceptors (Lipinski definition) is 5. The number of carbonyl (C=O) groups is 2. The molecule has 0 bridgehead atoms. The summed E-state index contributed by atoms with van der Waals surface area (Å²) >= 11 is 1.19. The molecule has 2 aromatic rings. The lowest BCUT2D eigenvalue weighted by Crippen LogP contribution is -2.45. The zero-order chi connectivity index (χ0) is 22.7. The Morgan fingerprint density at radius 1 is 1.12 bits per heavy atom. The molecule has 32 heavy (non-hydrogen) atoms. The highest BCUT2D eigenvalue weighted by Crippen LogP contribution is 2.38. The van der Waals surface area contributed by atoms with Crippen molar-refractivity contribution in [2.75, 3.05) is 18.4 Å². The molecular formula is C23H27N3O4S2. The summed E-state index contributed by atoms with van der Waals surface area (Å²) in [5.41, 5.74) is 2.34. The predicted molar refractivity (Wildman–Crippen MR) is 125 cm³/mol. The average Bonchev–Trinajstić information content (AvgIpc) is 3.06. The highest BCUT2D eigenvalue weighted by molar-refractivity contribution is 8.01. The first kappa shape index (κ1) is 22.8. The maximum Gasteiger partial charge on any atom is 0.247 e. The Kier molecular flexibility index (Phi) is 6.88. The molecule has 7 nitrogen and oxygen atoms in total. The van der Waals surface area contributed by atoms with Crippen LogP contribution in [0.2, 0.25) is 0 Å². The molecule has 0 aromatic heterocycles. The minimum Gasteiger partial charge on any atom is -0.341 e. The molecule has 0 radical (unpaired) electrons. The number of likely N-dealkylation sites (tertiary alicyclic amines) is 1. The van der Waals surface area contributed by atoms with Crippen molar-refractivity contribution in [3.63, 3.8) is 0 Å². The summed E-state index contributed by atoms with van der Waals surface area (Å²) in [5.74, 6) is -0.574. The summed E-state index contributed by atoms with van der Waals surface area (Å²) in [6.45, 7) is 3.49. The molecule has 1 atom stereocenters. The Hall–Kier alpha value is -2.36. The van der Waals surface area contributed by atoms with Crippen LogP contribution in [0.1, 0.15) is 36.8 Å². The van der Waals surface area contributed by atoms with Crippen molar-refractivity contribution in [2.45, 2.75) is 54.2 Å². The SMILES string of the molecule is Cc1cccc(CNS(=O)(=O)c2ccc3c(c2)NC(=O)[C@H](C(=O)N2CCCCCC2)S3)c1. The van der Waals surface area contributed by atoms with Gasteiger partial charge in [0.05, 0.1) is 10.6 Å². The fourth-order valence-corrected chi connectivity index (χ4v) is 6.06. The molecule has 0 saturated carbocycles. The number of nitrogens with one attached hydrogen (secondary N) is 2. The average molecular weight is 474 g/mol. The summed E-state index contributed by atoms with van der Waals surface area (Å²) in [5, 5.41) is 1.89. The number of aryl methyl sites for hydroxylation is 1. The highest BCUT2D eigenvalue weighted by atomic mass is 32.2. The zero-order valence-electron chi connectivity index (χ0n) is 18.0. The van der Waals surface area contributed by atoms with Crippen molar-refractivity contribution in [1.82, 2.24) is 9.62 Å². The molecule has 2 aromatic carbocycles. The van der Waals surface area contributed by atoms with Gasteiger partial charge in [-0.25, -0.2) is 13.1 Å². The maximum atomic E-state index is 12.9. The second-order valence-corrected chi connectivity index (χ2v) is 11.1. The quantitative estimate of drug-likeness (QED) is 0.650. The molecule has 2 N–H and O–H groups in total. The van der Waals surface area contributed by atoms with Gasteiger partial charge in [0.15, 0.2) is 5.25 Å². The fraction of sp³-hybridized carbons (Fsp3) is 0.391. The molecular weight excluding hydrogens is 446 g/mol. The van der Waals surface area contributed by atoms with E-state index in [4.69, 9.17) is 0 Å². The smallest absolute Gasteiger partial charge is 0.247 e. The molecule has 0 spiro atoms. The van der Waals surface area contributed by atoms with Gasteiger partial charge in [-0.1, -0.05) is 42.7 Å². The number of hydrogen-bond donors (Lipinski definition) is 2. The summed E-state index contributed by atoms with van der Waals surface area (Å²) in [4.78, 5) is 28.2. The molecule has 4 rings (SSSR count). The van der Waals surface area contributed by atoms with E-state index in [2.05, 4.69) is 10.0 Å². The maximum absolute atomic E-state index is 12.9. The van der Waals surface area contributed by atoms with Crippen LogP contribution >= 0.6 is 11.8 Å². The molecule has 1 fully saturated rings. The van der Waals surface area contributed by atoms with Crippen LogP contribution in [-0.2, 0) is 26.2 Å². The third-order valence-electron chi connectivity index (χ3n) is 5.69. The van der Waals surface area contributed by atoms with E-state index in [0.29, 0.717) is 23.7 Å². The molecule has 1 saturated heterocycles. The van der Waals surface area contributed by atoms with E-state index < -0.39 is 21.2 Å². The van der Waals surface area contributed by atoms with Crippen LogP contribution < -0.4 is 10.0 Å². The first-order chi connectivity index (χ1) is 15.3. The lowest BCUT2D eigenvalue weighted by Gasteiger charge is -2.28. The van der Waals surface area contributed by atoms with Crippen LogP contribution in [-0.4, -0.2) is 43.5 Å². The zero-order valence-corrected chi connectivity index (χ0v) is 19.6. The number of sulfonamides is 1. The fourth-order valence-electron chi connectivity index (χ4n) is 3.96. The molecule has 2 aliphatic rings. The first-order valence-electron chi connectivity index (χ1n) is 10.8. The van der Waals surface area contributed by atoms with Gasteiger partial charge in [0.2, 0.25) is 21.8 Å². The van der Waals surface area contributed by atoms with Crippen LogP contribution in [0.5, 0.6) is 0 Å². The Morgan fingerprint density at radius 3 is 2.59 bits per heavy atom. The van der Waals surface area contributed by atoms with Gasteiger partial charge in [0, 0.05) is 24.5 Å². The number of rotatable bonds is 5. The number of thioether (sulfide) groups is 1. The van der Waals surface area contributed by atoms with E-state index in [9.17, 15) is 18.0 Å². The number of fused-ring (bicyclic) bond motifs is 1. The Balaban J connectivity index is 1.47. The number of amides is 2. The number of anilines is 1. The lowest BCUT2D eigenvalue weighted by molar-refractivity contribution is -0.133. The molecule has 0 aliphatic carbocycles. The van der Waals surface area contributed by atoms with Gasteiger partial charge in [-0.15, -0.1) is 11.8 Å². The van der Waals surface area contributed by atoms with Crippen LogP contribution in [0.15, 0.2) is 52.3 Å². The van der Waals surface area contributed by atoms with Gasteiger partial charge in [-0.05, 0) is 43.5 Å². The Bertz CT molecular complexity index is 1130. The van der Waals surface area contributed by atoms with Crippen LogP contribution in [0.3, 0.4) is 0 Å². The molecule has 2 aliphatic heterocycles. The summed E-state index contributed by atoms with van der Waals surface area (Å²) in [6.07, 6.45) is 4.12. The third kappa shape index (κ3) is 5.16. The Labute approximate surface area is 193 Å². The number of benzene rings is 2. The lowest BCUT2D eigenvalue weighted by atomic mass is 10.1. The van der Waals surface area contributed by atoms with Crippen molar-refractivity contribution in [2.24, 2.45) is 0 Å². The van der Waals surface area contributed by atoms with Crippen LogP contribution in [0, 0.1) is 6.92 Å². The van der Waals surface area contributed by atoms with E-state index >= 15 is 0 Å². The largest absolute Gasteiger partial charge is 0.341 e. The third-order valence-corrected chi connectivity index (χ3v) is 8.35. The Morgan fingerprint density at radius 2 is 1.88 bits per heavy atom. The molecule has 2 heterocycles. The molecule has 0 unspecified atom stereocenters. The van der Waals surface area contributed by atoms with E-state index in [1.54, 1.807) is 11.0 Å². The van der Waals surface area contributed by atoms with Crippen molar-refractivity contribution in [3.8, 4) is 0 Å². The topological polar surface area (TPSA) is 95.6 Å². The van der Waals surface area contributed by atoms with E-state index in [0.717, 1.165) is 36.8 Å². The second-order valence-electron chi connectivity index (χ2n) is 8.20. The summed E-state index contributed by atoms with van der Waals surface area (Å²) in [6, 6.07) is 12.2. The van der Waals surface area contributed by atoms with Crippen molar-refractivity contribution in [1.29, 1.82) is 0 Å². The minimum atomic E-state index is -3.76. The monoisotopic (exact) mass is 473 g/mol. The van der Waals surface area contributed by atoms with Gasteiger partial charge in [-0.3, -0.25) is 9.59 Å². The van der Waals surface area contributed by atoms with E-state index in [-0.39, 0.29) is 17.3 Å². The van der Waals surface area contributed by atoms with E-state index in [1.165, 1.54) is 23.9 Å². The van der Waals surface area contributed by atoms with Crippen LogP contribution in [0.4, 0.5) is 5.69 Å². The van der Waals surface area contributed by atoms with Gasteiger partial charge in [0.1, 0.15) is 0 Å². The molecule has 9 heteroatoms. The van der Waals surface area contributed by atoms with Gasteiger partial charge >= 0.3 is 0 Å². The van der Waals surface area contributed by atoms with Crippen LogP contribution in [0.25, 0.3) is 0 Å². The summed E-state index contributed by atoms with van der Waals surface area (Å²) in [7, 11) is -3.76. The van der Waals surface area contributed by atoms with E-state index in [1.807, 2.05) is 31.2 Å². The summed E-state index contributed by atoms with van der Waals surface area (Å²) < 4.78 is 28.2. The molecule has 2 amide bonds. The normalized spacial score (nSPS) is 19.1. The number of carbonyl (C=O) groups excluding carboxylic acids is 2. The molecule has 170 valence electrons. The van der Waals surface area contributed by atoms with Crippen molar-refractivity contribution in [3.05, 3.63) is 53.6 Å². The highest BCUT2D eigenvalue weighted by Gasteiger charge is 2.36. The standard InChI is InChI=1S/C23H27N3O4S2/c1-16-7-6-8-17(13-16)15-24-32(29,30)18-9-10-20-19(14-18)25-22(27)21(31-20)23(28)26-11-4-2-3-5-12-26/h6-10,13-14,21,24H,2-5,11-12,15H2,1H3,(H,25,27)/t21-/m1/s1. The van der Waals surface area contributed by atoms with Gasteiger partial charge in [0.25, 0.3) is 0 Å². The first-order valence-corrected chi connectivity index (χ1v) is 13.2. The number of nitrogens with zero attached hydrogens (tertiary/aromatic N) is 1.